The van der Waals surface area contributed by atoms with Gasteiger partial charge in [-0.1, -0.05) is 58.8 Å². The summed E-state index contributed by atoms with van der Waals surface area (Å²) in [5, 5.41) is 0. The van der Waals surface area contributed by atoms with Crippen molar-refractivity contribution in [2.45, 2.75) is 70.9 Å². The molecule has 4 heteroatoms. The van der Waals surface area contributed by atoms with Crippen molar-refractivity contribution in [3.8, 4) is 0 Å². The Morgan fingerprint density at radius 3 is 1.88 bits per heavy atom. The maximum Gasteiger partial charge on any atom is 0.162 e. The zero-order chi connectivity index (χ0) is 12.2. The van der Waals surface area contributed by atoms with Crippen molar-refractivity contribution in [1.82, 2.24) is 0 Å². The van der Waals surface area contributed by atoms with E-state index in [1.165, 1.54) is 24.2 Å². The summed E-state index contributed by atoms with van der Waals surface area (Å²) in [5.41, 5.74) is 0. The van der Waals surface area contributed by atoms with Gasteiger partial charge in [-0.25, -0.2) is 0 Å². The lowest BCUT2D eigenvalue weighted by molar-refractivity contribution is 0.346. The van der Waals surface area contributed by atoms with Gasteiger partial charge in [0, 0.05) is 14.2 Å². The fourth-order valence-electron chi connectivity index (χ4n) is 4.42. The summed E-state index contributed by atoms with van der Waals surface area (Å²) in [7, 11) is -2.72. The van der Waals surface area contributed by atoms with Crippen molar-refractivity contribution < 1.29 is 4.43 Å². The van der Waals surface area contributed by atoms with Crippen LogP contribution in [-0.4, -0.2) is 29.9 Å². The molecule has 1 rings (SSSR count). The molecule has 0 amide bonds. The van der Waals surface area contributed by atoms with Gasteiger partial charge >= 0.3 is 0 Å². The minimum Gasteiger partial charge on any atom is -0.424 e. The molecule has 1 heterocycles. The molecule has 1 fully saturated rings. The smallest absolute Gasteiger partial charge is 0.162 e. The Balaban J connectivity index is 3.13. The third-order valence-electron chi connectivity index (χ3n) is 5.56. The molecule has 0 radical (unpaired) electrons. The highest BCUT2D eigenvalue weighted by Crippen LogP contribution is 2.42. The van der Waals surface area contributed by atoms with E-state index in [4.69, 9.17) is 4.43 Å². The summed E-state index contributed by atoms with van der Waals surface area (Å²) < 4.78 is 6.32. The largest absolute Gasteiger partial charge is 0.424 e. The van der Waals surface area contributed by atoms with E-state index >= 15 is 0 Å². The van der Waals surface area contributed by atoms with Gasteiger partial charge in [-0.15, -0.1) is 0 Å². The molecule has 0 aromatic rings. The van der Waals surface area contributed by atoms with Crippen molar-refractivity contribution >= 4 is 23.3 Å². The molecule has 0 spiro atoms. The van der Waals surface area contributed by atoms with Gasteiger partial charge in [-0.2, -0.15) is 0 Å². The summed E-state index contributed by atoms with van der Waals surface area (Å²) in [4.78, 5) is 0. The average Bonchev–Trinajstić information content (AvgIpc) is 2.37. The van der Waals surface area contributed by atoms with Crippen LogP contribution in [0, 0.1) is 0 Å². The molecule has 1 saturated heterocycles. The molecule has 0 aromatic carbocycles. The normalized spacial score (nSPS) is 27.9. The summed E-state index contributed by atoms with van der Waals surface area (Å²) >= 11 is 0. The van der Waals surface area contributed by atoms with E-state index < -0.39 is 23.3 Å². The minimum absolute atomic E-state index is 0.816. The first-order valence-electron chi connectivity index (χ1n) is 7.27. The van der Waals surface area contributed by atoms with Crippen LogP contribution in [0.3, 0.4) is 0 Å². The van der Waals surface area contributed by atoms with Crippen molar-refractivity contribution in [3.63, 3.8) is 0 Å². The van der Waals surface area contributed by atoms with E-state index in [2.05, 4.69) is 34.6 Å². The van der Waals surface area contributed by atoms with Gasteiger partial charge in [0.05, 0.1) is 7.11 Å². The van der Waals surface area contributed by atoms with Gasteiger partial charge in [0.1, 0.15) is 0 Å². The highest BCUT2D eigenvalue weighted by atomic mass is 29.6. The molecule has 1 aliphatic heterocycles. The van der Waals surface area contributed by atoms with E-state index in [0.717, 1.165) is 6.61 Å². The van der Waals surface area contributed by atoms with Crippen LogP contribution in [0.5, 0.6) is 0 Å². The maximum absolute atomic E-state index is 6.32. The molecule has 16 heavy (non-hydrogen) atoms. The molecule has 1 atom stereocenters. The summed E-state index contributed by atoms with van der Waals surface area (Å²) in [6, 6.07) is 9.05. The Morgan fingerprint density at radius 1 is 0.938 bits per heavy atom. The lowest BCUT2D eigenvalue weighted by Gasteiger charge is -2.54. The van der Waals surface area contributed by atoms with Crippen molar-refractivity contribution in [1.29, 1.82) is 0 Å². The first-order chi connectivity index (χ1) is 7.66. The molecule has 0 aliphatic carbocycles. The second-order valence-corrected chi connectivity index (χ2v) is 28.8. The fraction of sp³-hybridized carbons (Fsp3) is 1.00. The van der Waals surface area contributed by atoms with E-state index in [1.54, 1.807) is 12.1 Å². The highest BCUT2D eigenvalue weighted by Gasteiger charge is 2.57. The maximum atomic E-state index is 6.32. The topological polar surface area (TPSA) is 9.23 Å². The van der Waals surface area contributed by atoms with Crippen molar-refractivity contribution in [2.75, 3.05) is 6.61 Å². The lowest BCUT2D eigenvalue weighted by atomic mass is 10.9. The van der Waals surface area contributed by atoms with Crippen LogP contribution in [-0.2, 0) is 4.43 Å². The van der Waals surface area contributed by atoms with Crippen LogP contribution in [0.15, 0.2) is 0 Å². The predicted molar refractivity (Wildman–Crippen MR) is 81.8 cm³/mol. The third kappa shape index (κ3) is 2.02. The molecule has 96 valence electrons. The second kappa shape index (κ2) is 5.98. The van der Waals surface area contributed by atoms with Gasteiger partial charge in [0.25, 0.3) is 0 Å². The lowest BCUT2D eigenvalue weighted by Crippen LogP contribution is -2.73. The highest BCUT2D eigenvalue weighted by molar-refractivity contribution is 7.64. The van der Waals surface area contributed by atoms with Crippen molar-refractivity contribution in [2.24, 2.45) is 0 Å². The molecular weight excluding hydrogens is 244 g/mol. The Hall–Kier alpha value is 0.611. The first kappa shape index (κ1) is 14.7. The quantitative estimate of drug-likeness (QED) is 0.691. The number of hydrogen-bond donors (Lipinski definition) is 0. The second-order valence-electron chi connectivity index (χ2n) is 5.37. The molecular formula is C12H30OSi3. The molecule has 1 nitrogen and oxygen atoms in total. The number of hydrogen-bond acceptors (Lipinski definition) is 1. The van der Waals surface area contributed by atoms with E-state index in [1.807, 2.05) is 0 Å². The van der Waals surface area contributed by atoms with Gasteiger partial charge in [-0.3, -0.25) is 0 Å². The summed E-state index contributed by atoms with van der Waals surface area (Å²) in [6.45, 7) is 13.5. The van der Waals surface area contributed by atoms with E-state index in [0.29, 0.717) is 0 Å². The van der Waals surface area contributed by atoms with Crippen LogP contribution >= 0.6 is 0 Å². The Labute approximate surface area is 105 Å². The van der Waals surface area contributed by atoms with Gasteiger partial charge in [-0.05, 0) is 12.1 Å². The average molecular weight is 275 g/mol. The molecule has 1 unspecified atom stereocenters. The molecule has 0 saturated carbocycles. The van der Waals surface area contributed by atoms with Crippen LogP contribution in [0.25, 0.3) is 0 Å². The zero-order valence-corrected chi connectivity index (χ0v) is 15.1. The van der Waals surface area contributed by atoms with Crippen molar-refractivity contribution in [3.05, 3.63) is 0 Å². The zero-order valence-electron chi connectivity index (χ0n) is 11.9. The van der Waals surface area contributed by atoms with Crippen LogP contribution in [0.4, 0.5) is 0 Å². The third-order valence-corrected chi connectivity index (χ3v) is 44.3. The fourth-order valence-corrected chi connectivity index (χ4v) is 46.3. The Kier molecular flexibility index (Phi) is 5.48. The minimum atomic E-state index is -0.984. The van der Waals surface area contributed by atoms with Crippen LogP contribution in [0.1, 0.15) is 34.6 Å². The van der Waals surface area contributed by atoms with Gasteiger partial charge in [0.15, 0.2) is 8.56 Å². The molecule has 0 aromatic heterocycles. The summed E-state index contributed by atoms with van der Waals surface area (Å²) in [5.74, 6) is 0. The standard InChI is InChI=1S/C12H30OSi3/c1-6-14-13-11-12-15(7-2,8-3)16(14,9-4)10-5/h14H,6-12H2,1-5H3. The molecule has 1 aliphatic rings. The first-order valence-corrected chi connectivity index (χ1v) is 16.4. The molecule has 0 N–H and O–H groups in total. The molecule has 0 bridgehead atoms. The van der Waals surface area contributed by atoms with E-state index in [9.17, 15) is 0 Å². The Bertz CT molecular complexity index is 212. The van der Waals surface area contributed by atoms with Crippen LogP contribution < -0.4 is 0 Å². The van der Waals surface area contributed by atoms with Gasteiger partial charge in [0.2, 0.25) is 0 Å². The Morgan fingerprint density at radius 2 is 1.50 bits per heavy atom. The number of rotatable bonds is 5. The summed E-state index contributed by atoms with van der Waals surface area (Å²) in [6.07, 6.45) is 0. The monoisotopic (exact) mass is 274 g/mol. The SMILES string of the molecule is CC[SiH]1OCC[Si](CC)(CC)[Si]1(CC)CC. The van der Waals surface area contributed by atoms with Gasteiger partial charge < -0.3 is 4.43 Å². The van der Waals surface area contributed by atoms with E-state index in [-0.39, 0.29) is 0 Å². The van der Waals surface area contributed by atoms with Crippen LogP contribution in [0.2, 0.25) is 36.3 Å². The predicted octanol–water partition coefficient (Wildman–Crippen LogP) is 3.89.